The number of rotatable bonds is 2. The van der Waals surface area contributed by atoms with Gasteiger partial charge < -0.3 is 14.2 Å². The number of aryl methyl sites for hydroxylation is 1. The summed E-state index contributed by atoms with van der Waals surface area (Å²) in [7, 11) is 2.26. The number of fused-ring (bicyclic) bond motifs is 4. The van der Waals surface area contributed by atoms with Crippen LogP contribution in [0.15, 0.2) is 59.1 Å². The van der Waals surface area contributed by atoms with Crippen LogP contribution in [0, 0.1) is 6.92 Å². The van der Waals surface area contributed by atoms with Crippen molar-refractivity contribution < 1.29 is 4.42 Å². The van der Waals surface area contributed by atoms with Crippen LogP contribution in [0.25, 0.3) is 22.1 Å². The first-order valence-electron chi connectivity index (χ1n) is 9.36. The van der Waals surface area contributed by atoms with E-state index in [-0.39, 0.29) is 5.44 Å². The fraction of sp³-hybridized carbons (Fsp3) is 0.227. The molecule has 0 saturated heterocycles. The maximum Gasteiger partial charge on any atom is 0.227 e. The van der Waals surface area contributed by atoms with Crippen molar-refractivity contribution in [3.8, 4) is 0 Å². The summed E-state index contributed by atoms with van der Waals surface area (Å²) in [5.74, 6) is 0. The monoisotopic (exact) mass is 355 g/mol. The standard InChI is InChI=1S/C22H22BN3O/c1-14-10-11-15-16-7-6-12-24-21(16)27-20(15)19(14)25-13-26(22(2,3)23)18-9-5-4-8-17(18)25/h4-12H,13,23H2,1-3H3. The first-order chi connectivity index (χ1) is 12.9. The lowest BCUT2D eigenvalue weighted by molar-refractivity contribution is 0.635. The molecule has 1 aliphatic heterocycles. The van der Waals surface area contributed by atoms with Crippen LogP contribution in [0.5, 0.6) is 0 Å². The smallest absolute Gasteiger partial charge is 0.227 e. The van der Waals surface area contributed by atoms with Crippen LogP contribution < -0.4 is 9.80 Å². The van der Waals surface area contributed by atoms with Gasteiger partial charge in [-0.1, -0.05) is 24.3 Å². The van der Waals surface area contributed by atoms with Gasteiger partial charge in [0.05, 0.1) is 23.7 Å². The first kappa shape index (κ1) is 16.2. The second-order valence-electron chi connectivity index (χ2n) is 8.22. The summed E-state index contributed by atoms with van der Waals surface area (Å²) < 4.78 is 6.24. The highest BCUT2D eigenvalue weighted by atomic mass is 16.3. The number of benzene rings is 2. The van der Waals surface area contributed by atoms with Gasteiger partial charge in [-0.25, -0.2) is 4.98 Å². The molecule has 5 rings (SSSR count). The van der Waals surface area contributed by atoms with Crippen molar-refractivity contribution in [2.24, 2.45) is 0 Å². The molecule has 0 saturated carbocycles. The molecule has 0 amide bonds. The van der Waals surface area contributed by atoms with E-state index in [4.69, 9.17) is 4.42 Å². The SMILES string of the molecule is BC(C)(C)N1CN(c2c(C)ccc3c2oc2ncccc23)c2ccccc21. The van der Waals surface area contributed by atoms with E-state index in [1.54, 1.807) is 6.20 Å². The molecule has 0 N–H and O–H groups in total. The number of furan rings is 1. The highest BCUT2D eigenvalue weighted by Crippen LogP contribution is 2.47. The highest BCUT2D eigenvalue weighted by Gasteiger charge is 2.35. The Kier molecular flexibility index (Phi) is 3.32. The molecule has 0 bridgehead atoms. The fourth-order valence-electron chi connectivity index (χ4n) is 4.07. The zero-order valence-electron chi connectivity index (χ0n) is 16.2. The third-order valence-corrected chi connectivity index (χ3v) is 5.42. The average molecular weight is 355 g/mol. The van der Waals surface area contributed by atoms with Gasteiger partial charge >= 0.3 is 0 Å². The zero-order chi connectivity index (χ0) is 18.8. The summed E-state index contributed by atoms with van der Waals surface area (Å²) in [6, 6.07) is 17.0. The Morgan fingerprint density at radius 3 is 2.56 bits per heavy atom. The number of pyridine rings is 1. The lowest BCUT2D eigenvalue weighted by Crippen LogP contribution is -2.45. The van der Waals surface area contributed by atoms with Gasteiger partial charge in [-0.15, -0.1) is 0 Å². The van der Waals surface area contributed by atoms with Crippen molar-refractivity contribution in [3.63, 3.8) is 0 Å². The van der Waals surface area contributed by atoms with Crippen LogP contribution in [0.4, 0.5) is 17.1 Å². The van der Waals surface area contributed by atoms with Gasteiger partial charge in [-0.3, -0.25) is 0 Å². The quantitative estimate of drug-likeness (QED) is 0.493. The third kappa shape index (κ3) is 2.34. The summed E-state index contributed by atoms with van der Waals surface area (Å²) in [5.41, 5.74) is 6.44. The van der Waals surface area contributed by atoms with Crippen LogP contribution in [-0.4, -0.2) is 24.9 Å². The van der Waals surface area contributed by atoms with E-state index < -0.39 is 0 Å². The Morgan fingerprint density at radius 2 is 1.78 bits per heavy atom. The predicted molar refractivity (Wildman–Crippen MR) is 115 cm³/mol. The zero-order valence-corrected chi connectivity index (χ0v) is 16.2. The Bertz CT molecular complexity index is 1180. The Balaban J connectivity index is 1.78. The topological polar surface area (TPSA) is 32.5 Å². The molecule has 0 spiro atoms. The van der Waals surface area contributed by atoms with Gasteiger partial charge in [-0.05, 0) is 50.6 Å². The molecule has 2 aromatic carbocycles. The van der Waals surface area contributed by atoms with E-state index in [1.807, 2.05) is 6.07 Å². The van der Waals surface area contributed by atoms with E-state index in [0.29, 0.717) is 5.71 Å². The van der Waals surface area contributed by atoms with Crippen LogP contribution in [0.2, 0.25) is 0 Å². The first-order valence-corrected chi connectivity index (χ1v) is 9.36. The van der Waals surface area contributed by atoms with Gasteiger partial charge in [0.1, 0.15) is 7.85 Å². The van der Waals surface area contributed by atoms with Crippen molar-refractivity contribution in [1.29, 1.82) is 0 Å². The Morgan fingerprint density at radius 1 is 1.00 bits per heavy atom. The van der Waals surface area contributed by atoms with E-state index in [2.05, 4.69) is 85.9 Å². The molecule has 2 aromatic heterocycles. The molecule has 0 radical (unpaired) electrons. The van der Waals surface area contributed by atoms with Crippen molar-refractivity contribution in [3.05, 3.63) is 60.3 Å². The molecule has 0 aliphatic carbocycles. The molecule has 4 aromatic rings. The summed E-state index contributed by atoms with van der Waals surface area (Å²) in [6.45, 7) is 7.46. The predicted octanol–water partition coefficient (Wildman–Crippen LogP) is 4.57. The lowest BCUT2D eigenvalue weighted by atomic mass is 9.80. The fourth-order valence-corrected chi connectivity index (χ4v) is 4.07. The molecular formula is C22H22BN3O. The van der Waals surface area contributed by atoms with Crippen molar-refractivity contribution in [2.75, 3.05) is 16.5 Å². The van der Waals surface area contributed by atoms with Crippen LogP contribution in [-0.2, 0) is 0 Å². The molecule has 0 fully saturated rings. The third-order valence-electron chi connectivity index (χ3n) is 5.42. The molecule has 5 heteroatoms. The Hall–Kier alpha value is -2.95. The van der Waals surface area contributed by atoms with Gasteiger partial charge in [0, 0.05) is 22.4 Å². The molecule has 0 atom stereocenters. The minimum absolute atomic E-state index is 0.0298. The molecule has 1 aliphatic rings. The lowest BCUT2D eigenvalue weighted by Gasteiger charge is -2.34. The number of para-hydroxylation sites is 2. The van der Waals surface area contributed by atoms with Crippen LogP contribution >= 0.6 is 0 Å². The molecule has 4 nitrogen and oxygen atoms in total. The molecule has 0 unspecified atom stereocenters. The van der Waals surface area contributed by atoms with E-state index in [1.165, 1.54) is 16.9 Å². The van der Waals surface area contributed by atoms with Crippen LogP contribution in [0.3, 0.4) is 0 Å². The highest BCUT2D eigenvalue weighted by molar-refractivity contribution is 6.17. The largest absolute Gasteiger partial charge is 0.435 e. The summed E-state index contributed by atoms with van der Waals surface area (Å²) >= 11 is 0. The number of hydrogen-bond acceptors (Lipinski definition) is 4. The number of anilines is 3. The number of hydrogen-bond donors (Lipinski definition) is 0. The minimum atomic E-state index is 0.0298. The second kappa shape index (κ2) is 5.52. The number of aromatic nitrogens is 1. The molecule has 134 valence electrons. The van der Waals surface area contributed by atoms with E-state index in [0.717, 1.165) is 28.7 Å². The normalized spacial score (nSPS) is 14.3. The molecular weight excluding hydrogens is 333 g/mol. The second-order valence-corrected chi connectivity index (χ2v) is 8.22. The van der Waals surface area contributed by atoms with Gasteiger partial charge in [-0.2, -0.15) is 0 Å². The molecule has 27 heavy (non-hydrogen) atoms. The van der Waals surface area contributed by atoms with Gasteiger partial charge in [0.2, 0.25) is 5.71 Å². The van der Waals surface area contributed by atoms with Gasteiger partial charge in [0.15, 0.2) is 5.58 Å². The molecule has 3 heterocycles. The minimum Gasteiger partial charge on any atom is -0.435 e. The summed E-state index contributed by atoms with van der Waals surface area (Å²) in [4.78, 5) is 9.24. The summed E-state index contributed by atoms with van der Waals surface area (Å²) in [5, 5.41) is 2.18. The Labute approximate surface area is 159 Å². The maximum absolute atomic E-state index is 6.24. The number of nitrogens with zero attached hydrogens (tertiary/aromatic N) is 3. The van der Waals surface area contributed by atoms with E-state index in [9.17, 15) is 0 Å². The van der Waals surface area contributed by atoms with E-state index >= 15 is 0 Å². The summed E-state index contributed by atoms with van der Waals surface area (Å²) in [6.07, 6.45) is 1.78. The van der Waals surface area contributed by atoms with Crippen molar-refractivity contribution in [1.82, 2.24) is 4.98 Å². The van der Waals surface area contributed by atoms with Gasteiger partial charge in [0.25, 0.3) is 0 Å². The van der Waals surface area contributed by atoms with Crippen molar-refractivity contribution in [2.45, 2.75) is 26.2 Å². The maximum atomic E-state index is 6.24. The van der Waals surface area contributed by atoms with Crippen LogP contribution in [0.1, 0.15) is 19.4 Å². The average Bonchev–Trinajstić information content (AvgIpc) is 3.20. The van der Waals surface area contributed by atoms with Crippen molar-refractivity contribution >= 4 is 47.0 Å².